The predicted molar refractivity (Wildman–Crippen MR) is 69.3 cm³/mol. The highest BCUT2D eigenvalue weighted by Gasteiger charge is 2.22. The monoisotopic (exact) mass is 214 g/mol. The van der Waals surface area contributed by atoms with Crippen LogP contribution in [0.15, 0.2) is 24.3 Å². The van der Waals surface area contributed by atoms with Crippen LogP contribution in [-0.4, -0.2) is 5.11 Å². The van der Waals surface area contributed by atoms with Crippen LogP contribution >= 0.6 is 0 Å². The fourth-order valence-corrected chi connectivity index (χ4v) is 1.94. The molecule has 0 bridgehead atoms. The van der Waals surface area contributed by atoms with Crippen molar-refractivity contribution < 1.29 is 5.11 Å². The standard InChI is InChI=1S/C15H18O/c1-4-12-8-11(3)15(16)9-14(12)7-10(2)13-5-6-13/h4,7-9,13,16H,1,5-6H2,2-3H3/b10-7+. The van der Waals surface area contributed by atoms with Gasteiger partial charge in [0.05, 0.1) is 0 Å². The average molecular weight is 214 g/mol. The summed E-state index contributed by atoms with van der Waals surface area (Å²) in [5.74, 6) is 1.13. The molecule has 0 amide bonds. The van der Waals surface area contributed by atoms with Gasteiger partial charge in [-0.15, -0.1) is 0 Å². The molecule has 1 N–H and O–H groups in total. The summed E-state index contributed by atoms with van der Waals surface area (Å²) in [5.41, 5.74) is 4.47. The predicted octanol–water partition coefficient (Wildman–Crippen LogP) is 4.16. The Morgan fingerprint density at radius 3 is 2.62 bits per heavy atom. The Labute approximate surface area is 97.1 Å². The van der Waals surface area contributed by atoms with Crippen molar-refractivity contribution in [2.24, 2.45) is 5.92 Å². The summed E-state index contributed by atoms with van der Waals surface area (Å²) in [7, 11) is 0. The Morgan fingerprint density at radius 2 is 2.06 bits per heavy atom. The van der Waals surface area contributed by atoms with Crippen LogP contribution in [0.3, 0.4) is 0 Å². The van der Waals surface area contributed by atoms with Crippen molar-refractivity contribution in [3.8, 4) is 5.75 Å². The molecule has 1 fully saturated rings. The molecule has 0 spiro atoms. The lowest BCUT2D eigenvalue weighted by atomic mass is 10.0. The van der Waals surface area contributed by atoms with Gasteiger partial charge in [0.2, 0.25) is 0 Å². The first-order chi connectivity index (χ1) is 7.61. The number of hydrogen-bond acceptors (Lipinski definition) is 1. The fraction of sp³-hybridized carbons (Fsp3) is 0.333. The number of benzene rings is 1. The molecule has 1 heteroatoms. The molecule has 1 aromatic carbocycles. The highest BCUT2D eigenvalue weighted by atomic mass is 16.3. The van der Waals surface area contributed by atoms with Crippen LogP contribution in [0.5, 0.6) is 5.75 Å². The van der Waals surface area contributed by atoms with E-state index in [4.69, 9.17) is 0 Å². The molecular formula is C15H18O. The minimum Gasteiger partial charge on any atom is -0.508 e. The van der Waals surface area contributed by atoms with Crippen LogP contribution in [0.2, 0.25) is 0 Å². The van der Waals surface area contributed by atoms with Crippen LogP contribution in [0.25, 0.3) is 12.2 Å². The van der Waals surface area contributed by atoms with E-state index in [-0.39, 0.29) is 0 Å². The lowest BCUT2D eigenvalue weighted by Gasteiger charge is -2.07. The van der Waals surface area contributed by atoms with Gasteiger partial charge in [-0.1, -0.05) is 24.3 Å². The molecule has 1 aliphatic carbocycles. The van der Waals surface area contributed by atoms with Gasteiger partial charge in [0, 0.05) is 0 Å². The quantitative estimate of drug-likeness (QED) is 0.801. The van der Waals surface area contributed by atoms with Crippen molar-refractivity contribution in [1.82, 2.24) is 0 Å². The number of phenols is 1. The van der Waals surface area contributed by atoms with Crippen LogP contribution in [0.4, 0.5) is 0 Å². The van der Waals surface area contributed by atoms with E-state index >= 15 is 0 Å². The normalized spacial score (nSPS) is 16.2. The maximum Gasteiger partial charge on any atom is 0.119 e. The molecule has 1 saturated carbocycles. The summed E-state index contributed by atoms with van der Waals surface area (Å²) in [4.78, 5) is 0. The lowest BCUT2D eigenvalue weighted by molar-refractivity contribution is 0.471. The second-order valence-electron chi connectivity index (χ2n) is 4.63. The largest absolute Gasteiger partial charge is 0.508 e. The van der Waals surface area contributed by atoms with Crippen molar-refractivity contribution in [2.45, 2.75) is 26.7 Å². The van der Waals surface area contributed by atoms with E-state index in [0.717, 1.165) is 22.6 Å². The molecule has 2 rings (SSSR count). The van der Waals surface area contributed by atoms with Gasteiger partial charge in [-0.25, -0.2) is 0 Å². The Balaban J connectivity index is 2.42. The van der Waals surface area contributed by atoms with Crippen LogP contribution in [0, 0.1) is 12.8 Å². The summed E-state index contributed by atoms with van der Waals surface area (Å²) in [5, 5.41) is 9.72. The zero-order valence-corrected chi connectivity index (χ0v) is 9.96. The first kappa shape index (κ1) is 11.0. The summed E-state index contributed by atoms with van der Waals surface area (Å²) in [6.07, 6.45) is 6.64. The maximum atomic E-state index is 9.72. The zero-order chi connectivity index (χ0) is 11.7. The summed E-state index contributed by atoms with van der Waals surface area (Å²) >= 11 is 0. The Bertz CT molecular complexity index is 451. The Kier molecular flexibility index (Phi) is 2.86. The van der Waals surface area contributed by atoms with Gasteiger partial charge in [-0.05, 0) is 61.4 Å². The summed E-state index contributed by atoms with van der Waals surface area (Å²) in [6, 6.07) is 3.81. The Hall–Kier alpha value is -1.50. The van der Waals surface area contributed by atoms with Gasteiger partial charge in [0.25, 0.3) is 0 Å². The zero-order valence-electron chi connectivity index (χ0n) is 9.96. The second-order valence-corrected chi connectivity index (χ2v) is 4.63. The lowest BCUT2D eigenvalue weighted by Crippen LogP contribution is -1.86. The molecule has 1 nitrogen and oxygen atoms in total. The minimum atomic E-state index is 0.362. The molecule has 0 radical (unpaired) electrons. The molecule has 0 atom stereocenters. The van der Waals surface area contributed by atoms with Crippen molar-refractivity contribution >= 4 is 12.2 Å². The Morgan fingerprint density at radius 1 is 1.38 bits per heavy atom. The third-order valence-corrected chi connectivity index (χ3v) is 3.23. The summed E-state index contributed by atoms with van der Waals surface area (Å²) in [6.45, 7) is 7.89. The SMILES string of the molecule is C=Cc1cc(C)c(O)cc1/C=C(\C)C1CC1. The smallest absolute Gasteiger partial charge is 0.119 e. The van der Waals surface area contributed by atoms with E-state index in [1.807, 2.05) is 25.1 Å². The van der Waals surface area contributed by atoms with E-state index in [1.54, 1.807) is 0 Å². The molecule has 84 valence electrons. The van der Waals surface area contributed by atoms with E-state index < -0.39 is 0 Å². The van der Waals surface area contributed by atoms with Crippen LogP contribution in [0.1, 0.15) is 36.5 Å². The van der Waals surface area contributed by atoms with E-state index in [0.29, 0.717) is 5.75 Å². The van der Waals surface area contributed by atoms with E-state index in [2.05, 4.69) is 19.6 Å². The molecule has 1 aliphatic rings. The molecule has 16 heavy (non-hydrogen) atoms. The average Bonchev–Trinajstić information content (AvgIpc) is 3.06. The molecule has 0 aliphatic heterocycles. The van der Waals surface area contributed by atoms with Crippen LogP contribution in [-0.2, 0) is 0 Å². The molecule has 0 heterocycles. The van der Waals surface area contributed by atoms with Gasteiger partial charge in [-0.2, -0.15) is 0 Å². The van der Waals surface area contributed by atoms with Gasteiger partial charge < -0.3 is 5.11 Å². The molecule has 0 unspecified atom stereocenters. The van der Waals surface area contributed by atoms with E-state index in [9.17, 15) is 5.11 Å². The third-order valence-electron chi connectivity index (χ3n) is 3.23. The third kappa shape index (κ3) is 2.19. The van der Waals surface area contributed by atoms with Crippen LogP contribution < -0.4 is 0 Å². The topological polar surface area (TPSA) is 20.2 Å². The highest BCUT2D eigenvalue weighted by Crippen LogP contribution is 2.37. The maximum absolute atomic E-state index is 9.72. The van der Waals surface area contributed by atoms with Crippen molar-refractivity contribution in [3.05, 3.63) is 41.0 Å². The number of hydrogen-bond donors (Lipinski definition) is 1. The first-order valence-electron chi connectivity index (χ1n) is 5.76. The van der Waals surface area contributed by atoms with Gasteiger partial charge in [0.15, 0.2) is 0 Å². The van der Waals surface area contributed by atoms with Gasteiger partial charge in [0.1, 0.15) is 5.75 Å². The fourth-order valence-electron chi connectivity index (χ4n) is 1.94. The number of aryl methyl sites for hydroxylation is 1. The summed E-state index contributed by atoms with van der Waals surface area (Å²) < 4.78 is 0. The molecular weight excluding hydrogens is 196 g/mol. The number of allylic oxidation sites excluding steroid dienone is 1. The highest BCUT2D eigenvalue weighted by molar-refractivity contribution is 5.68. The van der Waals surface area contributed by atoms with Gasteiger partial charge >= 0.3 is 0 Å². The van der Waals surface area contributed by atoms with Crippen molar-refractivity contribution in [2.75, 3.05) is 0 Å². The molecule has 1 aromatic rings. The van der Waals surface area contributed by atoms with Crippen molar-refractivity contribution in [3.63, 3.8) is 0 Å². The van der Waals surface area contributed by atoms with Gasteiger partial charge in [-0.3, -0.25) is 0 Å². The number of rotatable bonds is 3. The van der Waals surface area contributed by atoms with Crippen molar-refractivity contribution in [1.29, 1.82) is 0 Å². The second kappa shape index (κ2) is 4.17. The number of aromatic hydroxyl groups is 1. The first-order valence-corrected chi connectivity index (χ1v) is 5.76. The molecule has 0 saturated heterocycles. The number of phenolic OH excluding ortho intramolecular Hbond substituents is 1. The molecule has 0 aromatic heterocycles. The van der Waals surface area contributed by atoms with E-state index in [1.165, 1.54) is 18.4 Å². The minimum absolute atomic E-state index is 0.362.